The zero-order valence-corrected chi connectivity index (χ0v) is 11.6. The van der Waals surface area contributed by atoms with E-state index in [9.17, 15) is 17.6 Å². The van der Waals surface area contributed by atoms with Gasteiger partial charge in [-0.1, -0.05) is 0 Å². The van der Waals surface area contributed by atoms with E-state index in [1.807, 2.05) is 12.2 Å². The van der Waals surface area contributed by atoms with Gasteiger partial charge in [0.2, 0.25) is 11.9 Å². The molecule has 0 saturated heterocycles. The molecule has 0 amide bonds. The fraction of sp³-hybridized carbons (Fsp3) is 0.714. The number of rotatable bonds is 5. The minimum Gasteiger partial charge on any atom is -0.365 e. The second kappa shape index (κ2) is 5.30. The normalized spacial score (nSPS) is 25.1. The predicted molar refractivity (Wildman–Crippen MR) is 69.3 cm³/mol. The van der Waals surface area contributed by atoms with E-state index in [1.165, 1.54) is 6.20 Å². The molecule has 20 heavy (non-hydrogen) atoms. The third-order valence-corrected chi connectivity index (χ3v) is 4.18. The van der Waals surface area contributed by atoms with Gasteiger partial charge in [-0.15, -0.1) is 0 Å². The molecule has 1 N–H and O–H groups in total. The molecule has 0 heterocycles. The standard InChI is InChI=1S/C14H20F4N2/c1-10(15)19-12(16)9-20(13(2)7-8-13)11-3-5-14(17,18)6-4-11/h9,11,19H,1,3-8H2,2H3. The smallest absolute Gasteiger partial charge is 0.248 e. The molecule has 0 aromatic rings. The van der Waals surface area contributed by atoms with Crippen LogP contribution in [-0.2, 0) is 0 Å². The first-order chi connectivity index (χ1) is 9.22. The summed E-state index contributed by atoms with van der Waals surface area (Å²) in [5, 5.41) is 1.87. The fourth-order valence-electron chi connectivity index (χ4n) is 2.73. The van der Waals surface area contributed by atoms with Crippen molar-refractivity contribution in [3.8, 4) is 0 Å². The highest BCUT2D eigenvalue weighted by Gasteiger charge is 2.47. The first kappa shape index (κ1) is 15.2. The largest absolute Gasteiger partial charge is 0.365 e. The van der Waals surface area contributed by atoms with Crippen molar-refractivity contribution in [2.45, 2.75) is 63.0 Å². The Morgan fingerprint density at radius 1 is 1.20 bits per heavy atom. The molecule has 0 unspecified atom stereocenters. The average molecular weight is 292 g/mol. The summed E-state index contributed by atoms with van der Waals surface area (Å²) in [6.07, 6.45) is 3.27. The molecule has 6 heteroatoms. The van der Waals surface area contributed by atoms with Crippen LogP contribution in [0.4, 0.5) is 17.6 Å². The molecule has 0 aromatic carbocycles. The number of alkyl halides is 2. The molecule has 0 aliphatic heterocycles. The van der Waals surface area contributed by atoms with Crippen molar-refractivity contribution in [1.82, 2.24) is 10.2 Å². The van der Waals surface area contributed by atoms with Gasteiger partial charge in [-0.25, -0.2) is 8.78 Å². The Balaban J connectivity index is 2.07. The van der Waals surface area contributed by atoms with Crippen molar-refractivity contribution in [2.24, 2.45) is 0 Å². The van der Waals surface area contributed by atoms with Crippen LogP contribution in [0.25, 0.3) is 0 Å². The fourth-order valence-corrected chi connectivity index (χ4v) is 2.73. The van der Waals surface area contributed by atoms with E-state index in [2.05, 4.69) is 6.58 Å². The summed E-state index contributed by atoms with van der Waals surface area (Å²) >= 11 is 0. The van der Waals surface area contributed by atoms with Gasteiger partial charge < -0.3 is 10.2 Å². The van der Waals surface area contributed by atoms with E-state index < -0.39 is 17.8 Å². The number of hydrogen-bond donors (Lipinski definition) is 1. The molecule has 2 nitrogen and oxygen atoms in total. The van der Waals surface area contributed by atoms with E-state index in [-0.39, 0.29) is 24.4 Å². The Kier molecular flexibility index (Phi) is 4.02. The summed E-state index contributed by atoms with van der Waals surface area (Å²) in [4.78, 5) is 1.79. The number of halogens is 4. The first-order valence-electron chi connectivity index (χ1n) is 6.87. The Hall–Kier alpha value is -1.20. The Morgan fingerprint density at radius 3 is 2.20 bits per heavy atom. The van der Waals surface area contributed by atoms with Crippen molar-refractivity contribution in [1.29, 1.82) is 0 Å². The summed E-state index contributed by atoms with van der Waals surface area (Å²) in [6.45, 7) is 4.90. The highest BCUT2D eigenvalue weighted by molar-refractivity contribution is 5.10. The van der Waals surface area contributed by atoms with Gasteiger partial charge in [0.05, 0.1) is 6.20 Å². The van der Waals surface area contributed by atoms with Crippen LogP contribution < -0.4 is 5.32 Å². The van der Waals surface area contributed by atoms with Gasteiger partial charge in [0.15, 0.2) is 5.95 Å². The lowest BCUT2D eigenvalue weighted by molar-refractivity contribution is -0.0535. The summed E-state index contributed by atoms with van der Waals surface area (Å²) in [7, 11) is 0. The molecule has 2 fully saturated rings. The average Bonchev–Trinajstić information content (AvgIpc) is 3.05. The Labute approximate surface area is 116 Å². The number of nitrogens with one attached hydrogen (secondary N) is 1. The molecule has 2 rings (SSSR count). The van der Waals surface area contributed by atoms with E-state index in [0.717, 1.165) is 12.8 Å². The molecule has 2 saturated carbocycles. The van der Waals surface area contributed by atoms with Crippen LogP contribution in [0.1, 0.15) is 45.4 Å². The topological polar surface area (TPSA) is 15.3 Å². The molecular formula is C14H20F4N2. The van der Waals surface area contributed by atoms with Crippen LogP contribution in [0, 0.1) is 0 Å². The molecule has 0 aromatic heterocycles. The van der Waals surface area contributed by atoms with Crippen LogP contribution in [0.5, 0.6) is 0 Å². The van der Waals surface area contributed by atoms with Crippen LogP contribution in [0.15, 0.2) is 24.7 Å². The zero-order valence-electron chi connectivity index (χ0n) is 11.6. The van der Waals surface area contributed by atoms with Crippen molar-refractivity contribution in [3.05, 3.63) is 24.7 Å². The van der Waals surface area contributed by atoms with Crippen LogP contribution >= 0.6 is 0 Å². The maximum atomic E-state index is 13.6. The van der Waals surface area contributed by atoms with Crippen molar-refractivity contribution in [3.63, 3.8) is 0 Å². The molecule has 0 radical (unpaired) electrons. The van der Waals surface area contributed by atoms with E-state index >= 15 is 0 Å². The second-order valence-corrected chi connectivity index (χ2v) is 6.00. The maximum absolute atomic E-state index is 13.6. The van der Waals surface area contributed by atoms with Gasteiger partial charge in [0.1, 0.15) is 0 Å². The minimum atomic E-state index is -2.61. The van der Waals surface area contributed by atoms with E-state index in [1.54, 1.807) is 4.90 Å². The monoisotopic (exact) mass is 292 g/mol. The summed E-state index contributed by atoms with van der Waals surface area (Å²) in [6, 6.07) is -0.123. The molecule has 114 valence electrons. The number of nitrogens with zero attached hydrogens (tertiary/aromatic N) is 1. The Bertz CT molecular complexity index is 405. The predicted octanol–water partition coefficient (Wildman–Crippen LogP) is 4.22. The van der Waals surface area contributed by atoms with Gasteiger partial charge in [-0.2, -0.15) is 8.78 Å². The summed E-state index contributed by atoms with van der Waals surface area (Å²) in [5.74, 6) is -4.43. The molecule has 0 spiro atoms. The minimum absolute atomic E-state index is 0.123. The molecule has 2 aliphatic rings. The van der Waals surface area contributed by atoms with Crippen LogP contribution in [0.3, 0.4) is 0 Å². The first-order valence-corrected chi connectivity index (χ1v) is 6.87. The molecule has 0 atom stereocenters. The lowest BCUT2D eigenvalue weighted by Crippen LogP contribution is -2.44. The second-order valence-electron chi connectivity index (χ2n) is 6.00. The van der Waals surface area contributed by atoms with Crippen LogP contribution in [-0.4, -0.2) is 22.4 Å². The maximum Gasteiger partial charge on any atom is 0.248 e. The van der Waals surface area contributed by atoms with Gasteiger partial charge >= 0.3 is 0 Å². The molecule has 0 bridgehead atoms. The van der Waals surface area contributed by atoms with Gasteiger partial charge in [-0.05, 0) is 39.2 Å². The van der Waals surface area contributed by atoms with Crippen molar-refractivity contribution >= 4 is 0 Å². The summed E-state index contributed by atoms with van der Waals surface area (Å²) in [5.41, 5.74) is -0.200. The van der Waals surface area contributed by atoms with Gasteiger partial charge in [0, 0.05) is 24.4 Å². The lowest BCUT2D eigenvalue weighted by atomic mass is 9.90. The zero-order chi connectivity index (χ0) is 15.0. The third-order valence-electron chi connectivity index (χ3n) is 4.18. The van der Waals surface area contributed by atoms with Crippen molar-refractivity contribution < 1.29 is 17.6 Å². The molecular weight excluding hydrogens is 272 g/mol. The third kappa shape index (κ3) is 3.67. The quantitative estimate of drug-likeness (QED) is 0.603. The summed E-state index contributed by atoms with van der Waals surface area (Å²) < 4.78 is 52.6. The Morgan fingerprint density at radius 2 is 1.75 bits per heavy atom. The van der Waals surface area contributed by atoms with E-state index in [0.29, 0.717) is 12.8 Å². The molecule has 2 aliphatic carbocycles. The highest BCUT2D eigenvalue weighted by Crippen LogP contribution is 2.46. The SMILES string of the molecule is C=C(F)NC(F)=CN(C1CCC(F)(F)CC1)C1(C)CC1. The number of hydrogen-bond acceptors (Lipinski definition) is 2. The van der Waals surface area contributed by atoms with Crippen molar-refractivity contribution in [2.75, 3.05) is 0 Å². The van der Waals surface area contributed by atoms with Gasteiger partial charge in [0.25, 0.3) is 0 Å². The van der Waals surface area contributed by atoms with Crippen LogP contribution in [0.2, 0.25) is 0 Å². The lowest BCUT2D eigenvalue weighted by Gasteiger charge is -2.40. The highest BCUT2D eigenvalue weighted by atomic mass is 19.3. The van der Waals surface area contributed by atoms with E-state index in [4.69, 9.17) is 0 Å². The van der Waals surface area contributed by atoms with Gasteiger partial charge in [-0.3, -0.25) is 0 Å².